The number of nitrogens with one attached hydrogen (secondary N) is 1. The number of hydrogen-bond donors (Lipinski definition) is 1. The summed E-state index contributed by atoms with van der Waals surface area (Å²) in [7, 11) is 0. The molecule has 0 aliphatic heterocycles. The second-order valence-electron chi connectivity index (χ2n) is 5.55. The van der Waals surface area contributed by atoms with Gasteiger partial charge in [0, 0.05) is 41.3 Å². The summed E-state index contributed by atoms with van der Waals surface area (Å²) in [5, 5.41) is 1.09. The predicted octanol–water partition coefficient (Wildman–Crippen LogP) is 4.55. The van der Waals surface area contributed by atoms with Gasteiger partial charge < -0.3 is 9.88 Å². The molecule has 0 aliphatic rings. The number of pyridine rings is 1. The molecule has 3 aromatic rings. The lowest BCUT2D eigenvalue weighted by atomic mass is 10.1. The largest absolute Gasteiger partial charge is 0.346 e. The molecule has 3 rings (SSSR count). The Balaban J connectivity index is 1.91. The first-order valence-electron chi connectivity index (χ1n) is 8.06. The molecule has 0 bridgehead atoms. The van der Waals surface area contributed by atoms with E-state index in [0.717, 1.165) is 52.3 Å². The van der Waals surface area contributed by atoms with Crippen molar-refractivity contribution in [2.75, 3.05) is 13.1 Å². The van der Waals surface area contributed by atoms with Crippen LogP contribution in [0.15, 0.2) is 36.7 Å². The zero-order valence-corrected chi connectivity index (χ0v) is 14.3. The van der Waals surface area contributed by atoms with Crippen LogP contribution in [0.5, 0.6) is 0 Å². The zero-order valence-electron chi connectivity index (χ0n) is 13.5. The van der Waals surface area contributed by atoms with E-state index in [9.17, 15) is 4.79 Å². The van der Waals surface area contributed by atoms with E-state index in [-0.39, 0.29) is 5.91 Å². The van der Waals surface area contributed by atoms with Crippen molar-refractivity contribution in [3.05, 3.63) is 41.5 Å². The minimum absolute atomic E-state index is 0.143. The van der Waals surface area contributed by atoms with Gasteiger partial charge in [0.15, 0.2) is 0 Å². The summed E-state index contributed by atoms with van der Waals surface area (Å²) in [6.07, 6.45) is 5.66. The fourth-order valence-electron chi connectivity index (χ4n) is 2.78. The van der Waals surface area contributed by atoms with Crippen LogP contribution in [0.2, 0.25) is 0 Å². The van der Waals surface area contributed by atoms with Crippen LogP contribution in [0, 0.1) is 0 Å². The van der Waals surface area contributed by atoms with E-state index in [1.165, 1.54) is 0 Å². The van der Waals surface area contributed by atoms with Crippen LogP contribution in [-0.4, -0.2) is 33.9 Å². The maximum atomic E-state index is 12.7. The molecule has 0 saturated carbocycles. The van der Waals surface area contributed by atoms with Crippen molar-refractivity contribution in [1.29, 1.82) is 0 Å². The van der Waals surface area contributed by atoms with E-state index in [2.05, 4.69) is 23.8 Å². The van der Waals surface area contributed by atoms with Gasteiger partial charge in [-0.15, -0.1) is 11.3 Å². The lowest BCUT2D eigenvalue weighted by molar-refractivity contribution is 0.0760. The number of rotatable bonds is 6. The van der Waals surface area contributed by atoms with E-state index < -0.39 is 0 Å². The molecule has 0 aromatic carbocycles. The quantitative estimate of drug-likeness (QED) is 0.722. The molecular weight excluding hydrogens is 306 g/mol. The molecule has 0 radical (unpaired) electrons. The van der Waals surface area contributed by atoms with Gasteiger partial charge >= 0.3 is 0 Å². The Morgan fingerprint density at radius 1 is 1.17 bits per heavy atom. The number of aromatic amines is 1. The van der Waals surface area contributed by atoms with Gasteiger partial charge in [-0.3, -0.25) is 4.79 Å². The highest BCUT2D eigenvalue weighted by atomic mass is 32.1. The normalized spacial score (nSPS) is 11.0. The highest BCUT2D eigenvalue weighted by molar-refractivity contribution is 7.17. The van der Waals surface area contributed by atoms with E-state index in [0.29, 0.717) is 0 Å². The Morgan fingerprint density at radius 2 is 1.96 bits per heavy atom. The summed E-state index contributed by atoms with van der Waals surface area (Å²) >= 11 is 1.56. The summed E-state index contributed by atoms with van der Waals surface area (Å²) in [5.41, 5.74) is 2.00. The van der Waals surface area contributed by atoms with Crippen molar-refractivity contribution in [3.8, 4) is 10.4 Å². The molecule has 5 heteroatoms. The van der Waals surface area contributed by atoms with Crippen molar-refractivity contribution in [2.45, 2.75) is 26.7 Å². The molecule has 23 heavy (non-hydrogen) atoms. The fraction of sp³-hybridized carbons (Fsp3) is 0.333. The second kappa shape index (κ2) is 6.96. The van der Waals surface area contributed by atoms with Gasteiger partial charge in [-0.25, -0.2) is 4.98 Å². The molecule has 0 unspecified atom stereocenters. The summed E-state index contributed by atoms with van der Waals surface area (Å²) in [5.74, 6) is 0.143. The molecule has 3 heterocycles. The third-order valence-electron chi connectivity index (χ3n) is 3.82. The standard InChI is InChI=1S/C18H21N3OS/c1-3-11-21(12-4-2)18(22)16-6-5-15(23-16)13-7-9-19-17-14(13)8-10-20-17/h5-10H,3-4,11-12H2,1-2H3,(H,19,20). The lowest BCUT2D eigenvalue weighted by Crippen LogP contribution is -2.31. The van der Waals surface area contributed by atoms with Crippen molar-refractivity contribution < 1.29 is 4.79 Å². The Hall–Kier alpha value is -2.14. The minimum atomic E-state index is 0.143. The number of carbonyl (C=O) groups is 1. The number of nitrogens with zero attached hydrogens (tertiary/aromatic N) is 2. The van der Waals surface area contributed by atoms with Crippen LogP contribution in [0.25, 0.3) is 21.5 Å². The number of fused-ring (bicyclic) bond motifs is 1. The molecule has 1 amide bonds. The van der Waals surface area contributed by atoms with Crippen LogP contribution < -0.4 is 0 Å². The van der Waals surface area contributed by atoms with Crippen LogP contribution in [0.4, 0.5) is 0 Å². The first kappa shape index (κ1) is 15.7. The van der Waals surface area contributed by atoms with Crippen LogP contribution in [-0.2, 0) is 0 Å². The maximum Gasteiger partial charge on any atom is 0.263 e. The van der Waals surface area contributed by atoms with Gasteiger partial charge in [-0.2, -0.15) is 0 Å². The predicted molar refractivity (Wildman–Crippen MR) is 95.9 cm³/mol. The number of carbonyl (C=O) groups excluding carboxylic acids is 1. The van der Waals surface area contributed by atoms with E-state index in [1.54, 1.807) is 17.5 Å². The Labute approximate surface area is 140 Å². The van der Waals surface area contributed by atoms with Crippen molar-refractivity contribution in [2.24, 2.45) is 0 Å². The molecule has 0 spiro atoms. The molecule has 0 atom stereocenters. The summed E-state index contributed by atoms with van der Waals surface area (Å²) in [4.78, 5) is 24.0. The Morgan fingerprint density at radius 3 is 2.70 bits per heavy atom. The number of amides is 1. The number of hydrogen-bond acceptors (Lipinski definition) is 3. The van der Waals surface area contributed by atoms with Gasteiger partial charge in [-0.1, -0.05) is 13.8 Å². The van der Waals surface area contributed by atoms with Gasteiger partial charge in [-0.05, 0) is 37.1 Å². The zero-order chi connectivity index (χ0) is 16.2. The monoisotopic (exact) mass is 327 g/mol. The summed E-state index contributed by atoms with van der Waals surface area (Å²) < 4.78 is 0. The van der Waals surface area contributed by atoms with Gasteiger partial charge in [0.2, 0.25) is 0 Å². The molecule has 0 saturated heterocycles. The molecular formula is C18H21N3OS. The molecule has 0 fully saturated rings. The highest BCUT2D eigenvalue weighted by Gasteiger charge is 2.17. The van der Waals surface area contributed by atoms with Crippen molar-refractivity contribution in [3.63, 3.8) is 0 Å². The average molecular weight is 327 g/mol. The molecule has 1 N–H and O–H groups in total. The second-order valence-corrected chi connectivity index (χ2v) is 6.64. The third-order valence-corrected chi connectivity index (χ3v) is 4.92. The van der Waals surface area contributed by atoms with Crippen LogP contribution in [0.1, 0.15) is 36.4 Å². The van der Waals surface area contributed by atoms with Gasteiger partial charge in [0.25, 0.3) is 5.91 Å². The highest BCUT2D eigenvalue weighted by Crippen LogP contribution is 2.33. The van der Waals surface area contributed by atoms with Gasteiger partial charge in [0.1, 0.15) is 5.65 Å². The fourth-order valence-corrected chi connectivity index (χ4v) is 3.80. The molecule has 3 aromatic heterocycles. The number of thiophene rings is 1. The van der Waals surface area contributed by atoms with Gasteiger partial charge in [0.05, 0.1) is 4.88 Å². The lowest BCUT2D eigenvalue weighted by Gasteiger charge is -2.20. The number of H-pyrrole nitrogens is 1. The summed E-state index contributed by atoms with van der Waals surface area (Å²) in [6, 6.07) is 8.01. The minimum Gasteiger partial charge on any atom is -0.346 e. The Bertz CT molecular complexity index is 799. The number of aromatic nitrogens is 2. The smallest absolute Gasteiger partial charge is 0.263 e. The Kier molecular flexibility index (Phi) is 4.76. The summed E-state index contributed by atoms with van der Waals surface area (Å²) in [6.45, 7) is 5.85. The molecule has 4 nitrogen and oxygen atoms in total. The average Bonchev–Trinajstić information content (AvgIpc) is 3.22. The van der Waals surface area contributed by atoms with Crippen LogP contribution in [0.3, 0.4) is 0 Å². The molecule has 120 valence electrons. The first-order valence-corrected chi connectivity index (χ1v) is 8.87. The topological polar surface area (TPSA) is 49.0 Å². The van der Waals surface area contributed by atoms with E-state index >= 15 is 0 Å². The van der Waals surface area contributed by atoms with Crippen molar-refractivity contribution >= 4 is 28.3 Å². The van der Waals surface area contributed by atoms with E-state index in [4.69, 9.17) is 0 Å². The van der Waals surface area contributed by atoms with E-state index in [1.807, 2.05) is 35.4 Å². The molecule has 0 aliphatic carbocycles. The SMILES string of the molecule is CCCN(CCC)C(=O)c1ccc(-c2ccnc3[nH]ccc23)s1. The first-order chi connectivity index (χ1) is 11.2. The maximum absolute atomic E-state index is 12.7. The van der Waals surface area contributed by atoms with Crippen molar-refractivity contribution in [1.82, 2.24) is 14.9 Å². The van der Waals surface area contributed by atoms with Crippen LogP contribution >= 0.6 is 11.3 Å². The third kappa shape index (κ3) is 3.15.